The van der Waals surface area contributed by atoms with Crippen molar-refractivity contribution >= 4 is 17.5 Å². The molecule has 2 aliphatic rings. The third kappa shape index (κ3) is 4.85. The van der Waals surface area contributed by atoms with Crippen molar-refractivity contribution < 1.29 is 19.1 Å². The van der Waals surface area contributed by atoms with Crippen LogP contribution in [-0.4, -0.2) is 44.0 Å². The van der Waals surface area contributed by atoms with E-state index in [1.165, 1.54) is 0 Å². The second-order valence-electron chi connectivity index (χ2n) is 9.51. The van der Waals surface area contributed by atoms with E-state index in [0.29, 0.717) is 24.7 Å². The van der Waals surface area contributed by atoms with Crippen molar-refractivity contribution in [2.24, 2.45) is 17.8 Å². The zero-order chi connectivity index (χ0) is 23.5. The van der Waals surface area contributed by atoms with E-state index in [4.69, 9.17) is 9.47 Å². The number of methoxy groups -OCH3 is 2. The average Bonchev–Trinajstić information content (AvgIpc) is 2.83. The molecule has 2 fully saturated rings. The number of piperidine rings is 2. The van der Waals surface area contributed by atoms with Crippen LogP contribution in [0.2, 0.25) is 0 Å². The van der Waals surface area contributed by atoms with Gasteiger partial charge in [0.1, 0.15) is 11.5 Å². The van der Waals surface area contributed by atoms with Crippen LogP contribution in [0.15, 0.2) is 48.5 Å². The first-order valence-corrected chi connectivity index (χ1v) is 11.8. The lowest BCUT2D eigenvalue weighted by Gasteiger charge is -2.44. The Morgan fingerprint density at radius 3 is 1.97 bits per heavy atom. The number of anilines is 1. The molecule has 2 heterocycles. The van der Waals surface area contributed by atoms with Gasteiger partial charge < -0.3 is 19.3 Å². The molecule has 6 heteroatoms. The van der Waals surface area contributed by atoms with Gasteiger partial charge in [-0.15, -0.1) is 0 Å². The Morgan fingerprint density at radius 1 is 0.879 bits per heavy atom. The van der Waals surface area contributed by atoms with Gasteiger partial charge in [0.05, 0.1) is 26.2 Å². The quantitative estimate of drug-likeness (QED) is 0.663. The van der Waals surface area contributed by atoms with Crippen LogP contribution >= 0.6 is 0 Å². The first-order valence-electron chi connectivity index (χ1n) is 11.8. The number of benzene rings is 2. The van der Waals surface area contributed by atoms with Gasteiger partial charge in [0.15, 0.2) is 0 Å². The summed E-state index contributed by atoms with van der Waals surface area (Å²) in [6.45, 7) is 5.99. The van der Waals surface area contributed by atoms with E-state index in [0.717, 1.165) is 42.3 Å². The van der Waals surface area contributed by atoms with Crippen LogP contribution in [-0.2, 0) is 9.59 Å². The number of rotatable bonds is 5. The van der Waals surface area contributed by atoms with Crippen LogP contribution in [0.5, 0.6) is 11.5 Å². The Bertz CT molecular complexity index is 963. The molecule has 2 saturated heterocycles. The van der Waals surface area contributed by atoms with Gasteiger partial charge in [0, 0.05) is 25.2 Å². The molecule has 0 bridgehead atoms. The van der Waals surface area contributed by atoms with Gasteiger partial charge in [-0.1, -0.05) is 26.0 Å². The number of hydrogen-bond donors (Lipinski definition) is 0. The van der Waals surface area contributed by atoms with Gasteiger partial charge in [-0.25, -0.2) is 0 Å². The molecular formula is C27H34N2O4. The monoisotopic (exact) mass is 450 g/mol. The van der Waals surface area contributed by atoms with Crippen molar-refractivity contribution in [2.45, 2.75) is 39.2 Å². The lowest BCUT2D eigenvalue weighted by molar-refractivity contribution is -0.141. The van der Waals surface area contributed by atoms with E-state index in [-0.39, 0.29) is 23.8 Å². The minimum Gasteiger partial charge on any atom is -0.497 e. The summed E-state index contributed by atoms with van der Waals surface area (Å²) >= 11 is 0. The Morgan fingerprint density at radius 2 is 1.42 bits per heavy atom. The fourth-order valence-electron chi connectivity index (χ4n) is 5.46. The lowest BCUT2D eigenvalue weighted by Crippen LogP contribution is -2.52. The predicted molar refractivity (Wildman–Crippen MR) is 128 cm³/mol. The molecule has 0 spiro atoms. The zero-order valence-electron chi connectivity index (χ0n) is 20.0. The van der Waals surface area contributed by atoms with Gasteiger partial charge >= 0.3 is 0 Å². The Kier molecular flexibility index (Phi) is 6.91. The second-order valence-corrected chi connectivity index (χ2v) is 9.51. The Labute approximate surface area is 196 Å². The molecule has 2 aliphatic heterocycles. The molecule has 176 valence electrons. The first kappa shape index (κ1) is 23.1. The van der Waals surface area contributed by atoms with Crippen LogP contribution in [0.25, 0.3) is 0 Å². The van der Waals surface area contributed by atoms with E-state index in [9.17, 15) is 9.59 Å². The van der Waals surface area contributed by atoms with Crippen LogP contribution in [0, 0.1) is 17.8 Å². The molecule has 6 nitrogen and oxygen atoms in total. The minimum atomic E-state index is -0.370. The maximum Gasteiger partial charge on any atom is 0.228 e. The van der Waals surface area contributed by atoms with Gasteiger partial charge in [0.2, 0.25) is 11.8 Å². The van der Waals surface area contributed by atoms with Crippen molar-refractivity contribution in [3.8, 4) is 11.5 Å². The van der Waals surface area contributed by atoms with E-state index < -0.39 is 0 Å². The molecular weight excluding hydrogens is 416 g/mol. The second kappa shape index (κ2) is 9.86. The SMILES string of the molecule is COc1ccc(C2C(C(=O)N3CC(C)CC(C)C3)CCC(=O)N2c2ccc(OC)cc2)cc1. The summed E-state index contributed by atoms with van der Waals surface area (Å²) in [6, 6.07) is 14.9. The number of likely N-dealkylation sites (tertiary alicyclic amines) is 1. The topological polar surface area (TPSA) is 59.1 Å². The highest BCUT2D eigenvalue weighted by atomic mass is 16.5. The summed E-state index contributed by atoms with van der Waals surface area (Å²) in [6.07, 6.45) is 2.06. The highest BCUT2D eigenvalue weighted by Gasteiger charge is 2.43. The third-order valence-corrected chi connectivity index (χ3v) is 6.90. The van der Waals surface area contributed by atoms with Crippen molar-refractivity contribution in [2.75, 3.05) is 32.2 Å². The number of carbonyl (C=O) groups is 2. The molecule has 0 saturated carbocycles. The standard InChI is InChI=1S/C27H34N2O4/c1-18-15-19(2)17-28(16-18)27(31)24-13-14-25(30)29(21-7-11-23(33-4)12-8-21)26(24)20-5-9-22(32-3)10-6-20/h5-12,18-19,24,26H,13-17H2,1-4H3. The van der Waals surface area contributed by atoms with Crippen LogP contribution in [0.3, 0.4) is 0 Å². The smallest absolute Gasteiger partial charge is 0.228 e. The fraction of sp³-hybridized carbons (Fsp3) is 0.481. The van der Waals surface area contributed by atoms with Crippen molar-refractivity contribution in [1.82, 2.24) is 4.90 Å². The Hall–Kier alpha value is -3.02. The largest absolute Gasteiger partial charge is 0.497 e. The van der Waals surface area contributed by atoms with E-state index in [2.05, 4.69) is 13.8 Å². The van der Waals surface area contributed by atoms with Crippen LogP contribution in [0.1, 0.15) is 44.7 Å². The highest BCUT2D eigenvalue weighted by Crippen LogP contribution is 2.42. The summed E-state index contributed by atoms with van der Waals surface area (Å²) in [5.41, 5.74) is 1.72. The molecule has 4 atom stereocenters. The summed E-state index contributed by atoms with van der Waals surface area (Å²) in [4.78, 5) is 31.0. The number of nitrogens with zero attached hydrogens (tertiary/aromatic N) is 2. The van der Waals surface area contributed by atoms with E-state index in [1.807, 2.05) is 58.3 Å². The van der Waals surface area contributed by atoms with Gasteiger partial charge in [0.25, 0.3) is 0 Å². The normalized spacial score (nSPS) is 25.6. The third-order valence-electron chi connectivity index (χ3n) is 6.90. The zero-order valence-corrected chi connectivity index (χ0v) is 20.0. The van der Waals surface area contributed by atoms with Gasteiger partial charge in [-0.2, -0.15) is 0 Å². The molecule has 2 aromatic rings. The van der Waals surface area contributed by atoms with E-state index >= 15 is 0 Å². The molecule has 4 rings (SSSR count). The molecule has 0 aliphatic carbocycles. The van der Waals surface area contributed by atoms with Crippen LogP contribution in [0.4, 0.5) is 5.69 Å². The summed E-state index contributed by atoms with van der Waals surface area (Å²) in [5.74, 6) is 2.34. The van der Waals surface area contributed by atoms with Crippen molar-refractivity contribution in [1.29, 1.82) is 0 Å². The lowest BCUT2D eigenvalue weighted by atomic mass is 9.81. The minimum absolute atomic E-state index is 0.0328. The predicted octanol–water partition coefficient (Wildman–Crippen LogP) is 4.69. The highest BCUT2D eigenvalue weighted by molar-refractivity contribution is 5.97. The Balaban J connectivity index is 1.73. The maximum atomic E-state index is 13.9. The molecule has 33 heavy (non-hydrogen) atoms. The first-order chi connectivity index (χ1) is 15.9. The number of carbonyl (C=O) groups excluding carboxylic acids is 2. The van der Waals surface area contributed by atoms with Crippen molar-refractivity contribution in [3.05, 3.63) is 54.1 Å². The van der Waals surface area contributed by atoms with Gasteiger partial charge in [-0.3, -0.25) is 9.59 Å². The van der Waals surface area contributed by atoms with Gasteiger partial charge in [-0.05, 0) is 66.6 Å². The summed E-state index contributed by atoms with van der Waals surface area (Å²) < 4.78 is 10.6. The summed E-state index contributed by atoms with van der Waals surface area (Å²) in [7, 11) is 3.25. The molecule has 2 amide bonds. The molecule has 4 unspecified atom stereocenters. The van der Waals surface area contributed by atoms with Crippen molar-refractivity contribution in [3.63, 3.8) is 0 Å². The summed E-state index contributed by atoms with van der Waals surface area (Å²) in [5, 5.41) is 0. The average molecular weight is 451 g/mol. The number of amides is 2. The van der Waals surface area contributed by atoms with E-state index in [1.54, 1.807) is 14.2 Å². The molecule has 0 N–H and O–H groups in total. The molecule has 0 radical (unpaired) electrons. The molecule has 0 aromatic heterocycles. The number of ether oxygens (including phenoxy) is 2. The molecule has 2 aromatic carbocycles. The fourth-order valence-corrected chi connectivity index (χ4v) is 5.46. The number of hydrogen-bond acceptors (Lipinski definition) is 4. The van der Waals surface area contributed by atoms with Crippen LogP contribution < -0.4 is 14.4 Å². The maximum absolute atomic E-state index is 13.9.